The number of fused-ring (bicyclic) bond motifs is 4. The summed E-state index contributed by atoms with van der Waals surface area (Å²) < 4.78 is 21.2. The molecule has 0 radical (unpaired) electrons. The molecular weight excluding hydrogens is 1120 g/mol. The number of primary amides is 2. The summed E-state index contributed by atoms with van der Waals surface area (Å²) in [6.45, 7) is 6.04. The molecule has 3 aliphatic rings. The summed E-state index contributed by atoms with van der Waals surface area (Å²) in [6, 6.07) is -6.30. The summed E-state index contributed by atoms with van der Waals surface area (Å²) in [5, 5.41) is 58.9. The molecule has 0 aliphatic carbocycles. The molecule has 2 aromatic rings. The second-order valence-electron chi connectivity index (χ2n) is 21.3. The van der Waals surface area contributed by atoms with Gasteiger partial charge in [0.1, 0.15) is 54.0 Å². The Kier molecular flexibility index (Phi) is 26.6. The third-order valence-electron chi connectivity index (χ3n) is 15.4. The molecule has 83 heavy (non-hydrogen) atoms. The number of nitrogens with two attached hydrogens (primary N) is 3. The number of piperidine rings is 1. The number of likely N-dealkylation sites (tertiary alicyclic amines) is 1. The maximum absolute atomic E-state index is 15.3. The molecule has 12 atom stereocenters. The number of aromatic nitrogens is 1. The molecule has 17 N–H and O–H groups in total. The quantitative estimate of drug-likeness (QED) is 0.0200. The molecule has 2 fully saturated rings. The van der Waals surface area contributed by atoms with Crippen LogP contribution in [0.25, 0.3) is 10.9 Å². The third-order valence-corrected chi connectivity index (χ3v) is 18.3. The number of H-pyrrole nitrogens is 1. The Bertz CT molecular complexity index is 2590. The summed E-state index contributed by atoms with van der Waals surface area (Å²) >= 11 is -0.803. The van der Waals surface area contributed by atoms with Gasteiger partial charge >= 0.3 is 0 Å². The van der Waals surface area contributed by atoms with Crippen molar-refractivity contribution in [3.05, 3.63) is 23.3 Å². The van der Waals surface area contributed by atoms with E-state index in [1.807, 2.05) is 11.8 Å². The average molecular weight is 1210 g/mol. The van der Waals surface area contributed by atoms with Gasteiger partial charge in [-0.15, -0.1) is 0 Å². The zero-order chi connectivity index (χ0) is 61.2. The van der Waals surface area contributed by atoms with Crippen molar-refractivity contribution in [2.75, 3.05) is 52.3 Å². The number of nitrogens with one attached hydrogen (secondary N) is 7. The van der Waals surface area contributed by atoms with Crippen LogP contribution >= 0.6 is 11.8 Å². The lowest BCUT2D eigenvalue weighted by molar-refractivity contribution is -0.144. The normalized spacial score (nSPS) is 24.2. The first-order chi connectivity index (χ1) is 39.5. The van der Waals surface area contributed by atoms with E-state index in [0.29, 0.717) is 79.8 Å². The van der Waals surface area contributed by atoms with Gasteiger partial charge in [0.15, 0.2) is 0 Å². The van der Waals surface area contributed by atoms with Crippen LogP contribution in [0.4, 0.5) is 0 Å². The number of carbonyl (C=O) groups excluding carboxylic acids is 9. The highest BCUT2D eigenvalue weighted by Crippen LogP contribution is 2.39. The van der Waals surface area contributed by atoms with Gasteiger partial charge in [-0.3, -0.25) is 48.5 Å². The van der Waals surface area contributed by atoms with Crippen molar-refractivity contribution in [1.82, 2.24) is 46.7 Å². The first-order valence-electron chi connectivity index (χ1n) is 28.0. The van der Waals surface area contributed by atoms with Crippen LogP contribution in [0, 0.1) is 11.8 Å². The lowest BCUT2D eigenvalue weighted by Crippen LogP contribution is -2.62. The fourth-order valence-electron chi connectivity index (χ4n) is 10.3. The Balaban J connectivity index is 1.61. The topological polar surface area (TPSA) is 449 Å². The molecule has 1 aromatic carbocycles. The van der Waals surface area contributed by atoms with Crippen molar-refractivity contribution < 1.29 is 77.7 Å². The Morgan fingerprint density at radius 2 is 1.69 bits per heavy atom. The second kappa shape index (κ2) is 32.4. The predicted molar refractivity (Wildman–Crippen MR) is 304 cm³/mol. The number of amides is 9. The monoisotopic (exact) mass is 1210 g/mol. The predicted octanol–water partition coefficient (Wildman–Crippen LogP) is -3.39. The number of hydrogen-bond acceptors (Lipinski definition) is 19. The number of methoxy groups -OCH3 is 1. The van der Waals surface area contributed by atoms with E-state index in [2.05, 4.69) is 41.7 Å². The van der Waals surface area contributed by atoms with E-state index in [-0.39, 0.29) is 34.1 Å². The van der Waals surface area contributed by atoms with Crippen LogP contribution in [0.3, 0.4) is 0 Å². The largest absolute Gasteiger partial charge is 0.610 e. The van der Waals surface area contributed by atoms with Crippen LogP contribution < -0.4 is 54.0 Å². The molecule has 4 heterocycles. The number of thioether (sulfide) groups is 1. The third kappa shape index (κ3) is 18.6. The van der Waals surface area contributed by atoms with E-state index in [4.69, 9.17) is 22.1 Å². The highest BCUT2D eigenvalue weighted by molar-refractivity contribution is 7.99. The van der Waals surface area contributed by atoms with E-state index in [1.165, 1.54) is 14.0 Å². The van der Waals surface area contributed by atoms with Crippen LogP contribution in [-0.4, -0.2) is 205 Å². The van der Waals surface area contributed by atoms with Crippen molar-refractivity contribution in [3.63, 3.8) is 0 Å². The molecule has 30 heteroatoms. The van der Waals surface area contributed by atoms with E-state index >= 15 is 4.55 Å². The summed E-state index contributed by atoms with van der Waals surface area (Å²) in [6.07, 6.45) is -1.91. The number of aromatic amines is 1. The number of rotatable bonds is 25. The highest BCUT2D eigenvalue weighted by atomic mass is 32.2. The molecule has 9 amide bonds. The minimum absolute atomic E-state index is 0.0650. The zero-order valence-corrected chi connectivity index (χ0v) is 49.3. The zero-order valence-electron chi connectivity index (χ0n) is 47.6. The van der Waals surface area contributed by atoms with E-state index < -0.39 is 164 Å². The SMILES string of the molecule is CCC(=O)N[C@H](C(=O)NCC(O)N[C@H]1C[S+]([O-])c2[nH]c3c(CSC4CCN(C(=O)CCCCCON)CC4)c(OC)ccc3c2C[C@@H](C(N)=O)NC(=O)[C@H]([C@@H](C)[C@@H](O)CO)NC(=O)[C@@H]2C[C@@H](O)CN2C(=O)[C@H](CC(N)=O)NC1=O)[C@@H](C)CC. The Morgan fingerprint density at radius 3 is 2.31 bits per heavy atom. The molecule has 0 bridgehead atoms. The van der Waals surface area contributed by atoms with E-state index in [9.17, 15) is 63.6 Å². The van der Waals surface area contributed by atoms with Crippen molar-refractivity contribution in [1.29, 1.82) is 0 Å². The molecule has 28 nitrogen and oxygen atoms in total. The maximum Gasteiger partial charge on any atom is 0.246 e. The Hall–Kier alpha value is -5.83. The maximum atomic E-state index is 15.3. The van der Waals surface area contributed by atoms with Crippen molar-refractivity contribution in [3.8, 4) is 5.75 Å². The lowest BCUT2D eigenvalue weighted by Gasteiger charge is -2.32. The fourth-order valence-corrected chi connectivity index (χ4v) is 12.9. The average Bonchev–Trinajstić information content (AvgIpc) is 4.00. The summed E-state index contributed by atoms with van der Waals surface area (Å²) in [7, 11) is 1.46. The highest BCUT2D eigenvalue weighted by Gasteiger charge is 2.45. The number of carbonyl (C=O) groups is 9. The van der Waals surface area contributed by atoms with Gasteiger partial charge in [-0.05, 0) is 43.7 Å². The lowest BCUT2D eigenvalue weighted by atomic mass is 9.93. The number of aliphatic hydroxyl groups excluding tert-OH is 4. The number of aliphatic hydroxyl groups is 4. The molecule has 0 spiro atoms. The molecule has 464 valence electrons. The van der Waals surface area contributed by atoms with Gasteiger partial charge in [-0.1, -0.05) is 40.5 Å². The Labute approximate surface area is 489 Å². The van der Waals surface area contributed by atoms with Crippen molar-refractivity contribution in [2.45, 2.75) is 169 Å². The number of ether oxygens (including phenoxy) is 1. The summed E-state index contributed by atoms with van der Waals surface area (Å²) in [4.78, 5) is 134. The second-order valence-corrected chi connectivity index (χ2v) is 24.1. The number of hydrogen-bond donors (Lipinski definition) is 14. The van der Waals surface area contributed by atoms with Crippen LogP contribution in [0.2, 0.25) is 0 Å². The molecule has 2 saturated heterocycles. The van der Waals surface area contributed by atoms with Crippen LogP contribution in [-0.2, 0) is 71.3 Å². The molecule has 0 saturated carbocycles. The van der Waals surface area contributed by atoms with Gasteiger partial charge < -0.3 is 87.4 Å². The standard InChI is InChI=1S/C53H84N12O16S2/c1-6-27(3)44(61-41(70)7-2)50(76)57-22-42(71)58-36-26-83(79)52-32(31-12-13-39(80-5)33(46(31)63-52)25-82-30-14-16-64(17-15-30)43(72)11-9-8-10-18-81-56)20-34(47(55)73)59-51(77)45(28(4)38(68)24-66)62-49(75)37-19-29(67)23-65(37)53(78)35(21-40(54)69)60-48(36)74/h12-13,27-30,34-38,42,44-45,58,63,66-68,71H,6-11,14-26,56H2,1-5H3,(H2,54,69)(H2,55,73)(H,57,76)(H,59,77)(H,60,74)(H,61,70)(H,62,75)/t27-,28-,29+,34-,35-,36-,37-,38-,42?,44-,45-,83?/m0/s1. The van der Waals surface area contributed by atoms with Gasteiger partial charge in [-0.2, -0.15) is 11.8 Å². The molecule has 5 rings (SSSR count). The van der Waals surface area contributed by atoms with Gasteiger partial charge in [0.05, 0.1) is 51.0 Å². The first kappa shape index (κ1) is 68.0. The van der Waals surface area contributed by atoms with Gasteiger partial charge in [-0.25, -0.2) is 5.90 Å². The summed E-state index contributed by atoms with van der Waals surface area (Å²) in [5.74, 6) is -4.05. The van der Waals surface area contributed by atoms with E-state index in [1.54, 1.807) is 37.7 Å². The first-order valence-corrected chi connectivity index (χ1v) is 30.4. The number of nitrogens with zero attached hydrogens (tertiary/aromatic N) is 2. The van der Waals surface area contributed by atoms with Gasteiger partial charge in [0, 0.05) is 89.9 Å². The van der Waals surface area contributed by atoms with Crippen molar-refractivity contribution in [2.24, 2.45) is 29.2 Å². The summed E-state index contributed by atoms with van der Waals surface area (Å²) in [5.41, 5.74) is 12.7. The minimum Gasteiger partial charge on any atom is -0.610 e. The van der Waals surface area contributed by atoms with Crippen LogP contribution in [0.5, 0.6) is 5.75 Å². The molecule has 1 aromatic heterocycles. The van der Waals surface area contributed by atoms with Gasteiger partial charge in [0.25, 0.3) is 0 Å². The minimum atomic E-state index is -2.40. The fraction of sp³-hybridized carbons (Fsp3) is 0.679. The Morgan fingerprint density at radius 1 is 0.976 bits per heavy atom. The van der Waals surface area contributed by atoms with Crippen LogP contribution in [0.1, 0.15) is 103 Å². The smallest absolute Gasteiger partial charge is 0.246 e. The number of unbranched alkanes of at least 4 members (excludes halogenated alkanes) is 2. The molecular formula is C53H84N12O16S2. The van der Waals surface area contributed by atoms with E-state index in [0.717, 1.165) is 17.7 Å². The van der Waals surface area contributed by atoms with Crippen LogP contribution in [0.15, 0.2) is 17.2 Å². The molecule has 2 unspecified atom stereocenters. The van der Waals surface area contributed by atoms with Crippen molar-refractivity contribution >= 4 is 87.0 Å². The van der Waals surface area contributed by atoms with Gasteiger partial charge in [0.2, 0.25) is 58.2 Å². The molecule has 3 aliphatic heterocycles. The number of benzene rings is 1.